The van der Waals surface area contributed by atoms with E-state index in [0.29, 0.717) is 5.02 Å². The fourth-order valence-electron chi connectivity index (χ4n) is 1.11. The van der Waals surface area contributed by atoms with Crippen LogP contribution in [0.3, 0.4) is 0 Å². The van der Waals surface area contributed by atoms with Gasteiger partial charge in [0.05, 0.1) is 10.7 Å². The second-order valence-corrected chi connectivity index (χ2v) is 3.85. The van der Waals surface area contributed by atoms with Crippen molar-refractivity contribution in [1.82, 2.24) is 9.97 Å². The Balaban J connectivity index is 2.61. The molecule has 2 rings (SSSR count). The highest BCUT2D eigenvalue weighted by Crippen LogP contribution is 2.29. The topological polar surface area (TPSA) is 25.8 Å². The van der Waals surface area contributed by atoms with E-state index in [4.69, 9.17) is 11.6 Å². The van der Waals surface area contributed by atoms with Crippen molar-refractivity contribution in [2.24, 2.45) is 0 Å². The number of nitrogens with zero attached hydrogens (tertiary/aromatic N) is 2. The van der Waals surface area contributed by atoms with Gasteiger partial charge in [-0.05, 0) is 34.1 Å². The third kappa shape index (κ3) is 1.79. The SMILES string of the molecule is Clc1[c]nccc1-c1ncccc1Br. The van der Waals surface area contributed by atoms with Gasteiger partial charge < -0.3 is 0 Å². The number of aromatic nitrogens is 2. The summed E-state index contributed by atoms with van der Waals surface area (Å²) >= 11 is 9.36. The van der Waals surface area contributed by atoms with Gasteiger partial charge in [-0.25, -0.2) is 0 Å². The molecule has 0 spiro atoms. The molecule has 2 nitrogen and oxygen atoms in total. The van der Waals surface area contributed by atoms with E-state index in [0.717, 1.165) is 15.7 Å². The van der Waals surface area contributed by atoms with Gasteiger partial charge in [0.15, 0.2) is 0 Å². The average molecular weight is 269 g/mol. The molecule has 2 aromatic rings. The normalized spacial score (nSPS) is 10.1. The Morgan fingerprint density at radius 2 is 2.14 bits per heavy atom. The van der Waals surface area contributed by atoms with Crippen LogP contribution in [0, 0.1) is 6.20 Å². The molecule has 0 N–H and O–H groups in total. The number of halogens is 2. The van der Waals surface area contributed by atoms with Crippen molar-refractivity contribution in [3.63, 3.8) is 0 Å². The summed E-state index contributed by atoms with van der Waals surface area (Å²) in [5.41, 5.74) is 1.63. The minimum atomic E-state index is 0.479. The minimum absolute atomic E-state index is 0.479. The van der Waals surface area contributed by atoms with Gasteiger partial charge in [-0.2, -0.15) is 0 Å². The van der Waals surface area contributed by atoms with E-state index < -0.39 is 0 Å². The Hall–Kier alpha value is -0.930. The summed E-state index contributed by atoms with van der Waals surface area (Å²) in [7, 11) is 0. The fraction of sp³-hybridized carbons (Fsp3) is 0. The molecule has 4 heteroatoms. The average Bonchev–Trinajstić information content (AvgIpc) is 2.20. The Bertz CT molecular complexity index is 416. The standard InChI is InChI=1S/C10H5BrClN2/c11-8-2-1-4-14-10(8)7-3-5-13-6-9(7)12/h1-5H. The number of hydrogen-bond donors (Lipinski definition) is 0. The van der Waals surface area contributed by atoms with Crippen molar-refractivity contribution in [2.45, 2.75) is 0 Å². The van der Waals surface area contributed by atoms with Crippen molar-refractivity contribution in [3.05, 3.63) is 46.3 Å². The molecule has 0 aromatic carbocycles. The first-order valence-electron chi connectivity index (χ1n) is 3.92. The molecule has 0 aliphatic carbocycles. The molecule has 0 bridgehead atoms. The van der Waals surface area contributed by atoms with Crippen LogP contribution in [0.25, 0.3) is 11.3 Å². The van der Waals surface area contributed by atoms with Gasteiger partial charge in [0.25, 0.3) is 0 Å². The van der Waals surface area contributed by atoms with Crippen molar-refractivity contribution < 1.29 is 0 Å². The van der Waals surface area contributed by atoms with Gasteiger partial charge in [-0.15, -0.1) is 0 Å². The fourth-order valence-corrected chi connectivity index (χ4v) is 1.78. The van der Waals surface area contributed by atoms with Crippen molar-refractivity contribution in [1.29, 1.82) is 0 Å². The summed E-state index contributed by atoms with van der Waals surface area (Å²) in [6.07, 6.45) is 6.04. The second kappa shape index (κ2) is 4.07. The largest absolute Gasteiger partial charge is 0.255 e. The van der Waals surface area contributed by atoms with Crippen molar-refractivity contribution in [3.8, 4) is 11.3 Å². The van der Waals surface area contributed by atoms with E-state index in [2.05, 4.69) is 32.1 Å². The van der Waals surface area contributed by atoms with Crippen LogP contribution in [0.4, 0.5) is 0 Å². The second-order valence-electron chi connectivity index (χ2n) is 2.62. The summed E-state index contributed by atoms with van der Waals surface area (Å²) in [5.74, 6) is 0. The highest BCUT2D eigenvalue weighted by Gasteiger charge is 2.07. The zero-order chi connectivity index (χ0) is 9.97. The molecule has 0 atom stereocenters. The van der Waals surface area contributed by atoms with Crippen LogP contribution >= 0.6 is 27.5 Å². The summed E-state index contributed by atoms with van der Waals surface area (Å²) in [6, 6.07) is 5.58. The van der Waals surface area contributed by atoms with E-state index in [1.807, 2.05) is 18.2 Å². The molecular formula is C10H5BrClN2. The lowest BCUT2D eigenvalue weighted by atomic mass is 10.2. The van der Waals surface area contributed by atoms with Crippen LogP contribution in [0.15, 0.2) is 35.1 Å². The first-order chi connectivity index (χ1) is 6.79. The van der Waals surface area contributed by atoms with Gasteiger partial charge in [0.2, 0.25) is 0 Å². The zero-order valence-corrected chi connectivity index (χ0v) is 9.38. The van der Waals surface area contributed by atoms with Crippen LogP contribution in [-0.2, 0) is 0 Å². The van der Waals surface area contributed by atoms with E-state index in [1.54, 1.807) is 12.4 Å². The molecule has 2 heterocycles. The molecule has 0 aliphatic heterocycles. The van der Waals surface area contributed by atoms with Gasteiger partial charge in [0.1, 0.15) is 6.20 Å². The Labute approximate surface area is 95.1 Å². The maximum Gasteiger partial charge on any atom is 0.109 e. The van der Waals surface area contributed by atoms with Gasteiger partial charge in [-0.1, -0.05) is 11.6 Å². The molecule has 0 aliphatic rings. The molecule has 0 amide bonds. The Kier molecular flexibility index (Phi) is 2.79. The van der Waals surface area contributed by atoms with Gasteiger partial charge in [-0.3, -0.25) is 9.97 Å². The predicted molar refractivity (Wildman–Crippen MR) is 59.0 cm³/mol. The van der Waals surface area contributed by atoms with Crippen LogP contribution in [0.1, 0.15) is 0 Å². The maximum atomic E-state index is 5.95. The molecule has 14 heavy (non-hydrogen) atoms. The van der Waals surface area contributed by atoms with Crippen LogP contribution in [0.2, 0.25) is 5.02 Å². The molecule has 1 radical (unpaired) electrons. The molecule has 0 saturated carbocycles. The Morgan fingerprint density at radius 3 is 2.86 bits per heavy atom. The third-order valence-electron chi connectivity index (χ3n) is 1.73. The lowest BCUT2D eigenvalue weighted by Crippen LogP contribution is -1.86. The summed E-state index contributed by atoms with van der Waals surface area (Å²) in [6.45, 7) is 0. The first kappa shape index (κ1) is 9.62. The molecule has 2 aromatic heterocycles. The summed E-state index contributed by atoms with van der Waals surface area (Å²) in [5, 5.41) is 0.479. The minimum Gasteiger partial charge on any atom is -0.255 e. The molecule has 0 fully saturated rings. The van der Waals surface area contributed by atoms with E-state index in [-0.39, 0.29) is 0 Å². The highest BCUT2D eigenvalue weighted by atomic mass is 79.9. The number of rotatable bonds is 1. The van der Waals surface area contributed by atoms with Gasteiger partial charge in [0, 0.05) is 22.4 Å². The van der Waals surface area contributed by atoms with Crippen molar-refractivity contribution >= 4 is 27.5 Å². The summed E-state index contributed by atoms with van der Waals surface area (Å²) in [4.78, 5) is 8.03. The molecule has 0 unspecified atom stereocenters. The van der Waals surface area contributed by atoms with Crippen LogP contribution in [-0.4, -0.2) is 9.97 Å². The smallest absolute Gasteiger partial charge is 0.109 e. The van der Waals surface area contributed by atoms with E-state index in [9.17, 15) is 0 Å². The molecular weight excluding hydrogens is 263 g/mol. The maximum absolute atomic E-state index is 5.95. The van der Waals surface area contributed by atoms with E-state index >= 15 is 0 Å². The molecule has 69 valence electrons. The van der Waals surface area contributed by atoms with E-state index in [1.165, 1.54) is 0 Å². The number of pyridine rings is 2. The predicted octanol–water partition coefficient (Wildman–Crippen LogP) is 3.36. The third-order valence-corrected chi connectivity index (χ3v) is 2.66. The quantitative estimate of drug-likeness (QED) is 0.792. The first-order valence-corrected chi connectivity index (χ1v) is 5.09. The van der Waals surface area contributed by atoms with Crippen LogP contribution in [0.5, 0.6) is 0 Å². The van der Waals surface area contributed by atoms with Crippen LogP contribution < -0.4 is 0 Å². The highest BCUT2D eigenvalue weighted by molar-refractivity contribution is 9.10. The van der Waals surface area contributed by atoms with Crippen molar-refractivity contribution in [2.75, 3.05) is 0 Å². The zero-order valence-electron chi connectivity index (χ0n) is 7.04. The summed E-state index contributed by atoms with van der Waals surface area (Å²) < 4.78 is 0.904. The lowest BCUT2D eigenvalue weighted by molar-refractivity contribution is 1.27. The Morgan fingerprint density at radius 1 is 1.29 bits per heavy atom. The van der Waals surface area contributed by atoms with Gasteiger partial charge >= 0.3 is 0 Å². The number of hydrogen-bond acceptors (Lipinski definition) is 2. The molecule has 0 saturated heterocycles. The lowest BCUT2D eigenvalue weighted by Gasteiger charge is -2.03. The monoisotopic (exact) mass is 267 g/mol.